The molecule has 0 saturated heterocycles. The van der Waals surface area contributed by atoms with Crippen LogP contribution in [0.5, 0.6) is 5.75 Å². The highest BCUT2D eigenvalue weighted by Crippen LogP contribution is 2.34. The molecule has 0 aliphatic heterocycles. The van der Waals surface area contributed by atoms with Gasteiger partial charge in [-0.1, -0.05) is 24.3 Å². The smallest absolute Gasteiger partial charge is 0.123 e. The number of nitrogens with zero attached hydrogens (tertiary/aromatic N) is 1. The van der Waals surface area contributed by atoms with E-state index in [-0.39, 0.29) is 0 Å². The minimum Gasteiger partial charge on any atom is -0.507 e. The van der Waals surface area contributed by atoms with E-state index in [1.807, 2.05) is 37.3 Å². The van der Waals surface area contributed by atoms with Gasteiger partial charge in [-0.3, -0.25) is 0 Å². The molecule has 1 N–H and O–H groups in total. The van der Waals surface area contributed by atoms with E-state index in [1.165, 1.54) is 4.90 Å². The molecule has 0 unspecified atom stereocenters. The van der Waals surface area contributed by atoms with Crippen LogP contribution in [0.15, 0.2) is 46.7 Å². The molecular weight excluding hydrogens is 274 g/mol. The Morgan fingerprint density at radius 2 is 1.95 bits per heavy atom. The summed E-state index contributed by atoms with van der Waals surface area (Å²) in [5, 5.41) is 15.1. The number of benzene rings is 2. The molecule has 0 fully saturated rings. The molecule has 2 aromatic carbocycles. The Hall–Kier alpha value is -1.52. The molecule has 2 nitrogen and oxygen atoms in total. The van der Waals surface area contributed by atoms with Crippen LogP contribution in [-0.2, 0) is 5.75 Å². The molecule has 0 aliphatic carbocycles. The van der Waals surface area contributed by atoms with E-state index in [9.17, 15) is 5.11 Å². The molecule has 4 heteroatoms. The minimum atomic E-state index is 0.338. The molecule has 0 spiro atoms. The highest BCUT2D eigenvalue weighted by molar-refractivity contribution is 7.98. The lowest BCUT2D eigenvalue weighted by molar-refractivity contribution is 0.481. The molecule has 96 valence electrons. The number of phenols is 1. The van der Waals surface area contributed by atoms with Gasteiger partial charge in [-0.2, -0.15) is 0 Å². The molecule has 0 amide bonds. The van der Waals surface area contributed by atoms with Crippen molar-refractivity contribution in [1.82, 2.24) is 4.98 Å². The molecule has 0 atom stereocenters. The van der Waals surface area contributed by atoms with Gasteiger partial charge >= 0.3 is 0 Å². The van der Waals surface area contributed by atoms with E-state index in [0.29, 0.717) is 5.75 Å². The van der Waals surface area contributed by atoms with E-state index in [1.54, 1.807) is 29.2 Å². The first-order valence-electron chi connectivity index (χ1n) is 5.98. The van der Waals surface area contributed by atoms with Crippen molar-refractivity contribution in [3.05, 3.63) is 52.5 Å². The predicted molar refractivity (Wildman–Crippen MR) is 82.0 cm³/mol. The van der Waals surface area contributed by atoms with E-state index in [4.69, 9.17) is 0 Å². The summed E-state index contributed by atoms with van der Waals surface area (Å²) in [5.74, 6) is 1.21. The lowest BCUT2D eigenvalue weighted by Crippen LogP contribution is -1.82. The number of fused-ring (bicyclic) bond motifs is 1. The second-order valence-corrected chi connectivity index (χ2v) is 6.26. The lowest BCUT2D eigenvalue weighted by Gasteiger charge is -2.06. The maximum Gasteiger partial charge on any atom is 0.123 e. The lowest BCUT2D eigenvalue weighted by atomic mass is 10.1. The van der Waals surface area contributed by atoms with Crippen molar-refractivity contribution in [2.75, 3.05) is 0 Å². The third-order valence-electron chi connectivity index (χ3n) is 2.88. The van der Waals surface area contributed by atoms with Gasteiger partial charge in [-0.05, 0) is 24.4 Å². The summed E-state index contributed by atoms with van der Waals surface area (Å²) in [6, 6.07) is 11.7. The van der Waals surface area contributed by atoms with Gasteiger partial charge in [0.05, 0.1) is 5.75 Å². The van der Waals surface area contributed by atoms with E-state index < -0.39 is 0 Å². The van der Waals surface area contributed by atoms with Gasteiger partial charge in [0, 0.05) is 21.4 Å². The van der Waals surface area contributed by atoms with Crippen LogP contribution in [0.25, 0.3) is 10.8 Å². The molecule has 0 radical (unpaired) electrons. The number of phenolic OH excluding ortho intramolecular Hbond substituents is 1. The summed E-state index contributed by atoms with van der Waals surface area (Å²) in [6.07, 6.45) is 0. The number of hydrogen-bond acceptors (Lipinski definition) is 4. The van der Waals surface area contributed by atoms with Gasteiger partial charge in [0.15, 0.2) is 0 Å². The zero-order valence-electron chi connectivity index (χ0n) is 10.5. The van der Waals surface area contributed by atoms with Crippen molar-refractivity contribution in [2.24, 2.45) is 0 Å². The topological polar surface area (TPSA) is 33.1 Å². The maximum absolute atomic E-state index is 9.86. The molecule has 0 saturated carbocycles. The number of aromatic nitrogens is 1. The third kappa shape index (κ3) is 2.60. The first-order valence-corrected chi connectivity index (χ1v) is 7.85. The van der Waals surface area contributed by atoms with Crippen molar-refractivity contribution >= 4 is 33.9 Å². The Bertz CT molecular complexity index is 721. The number of thioether (sulfide) groups is 1. The fourth-order valence-electron chi connectivity index (χ4n) is 1.99. The average Bonchev–Trinajstić information content (AvgIpc) is 2.84. The van der Waals surface area contributed by atoms with Gasteiger partial charge < -0.3 is 5.11 Å². The first-order chi connectivity index (χ1) is 9.24. The monoisotopic (exact) mass is 287 g/mol. The Morgan fingerprint density at radius 3 is 2.68 bits per heavy atom. The van der Waals surface area contributed by atoms with Crippen molar-refractivity contribution in [3.63, 3.8) is 0 Å². The van der Waals surface area contributed by atoms with Gasteiger partial charge in [0.1, 0.15) is 10.8 Å². The SMILES string of the molecule is Cc1csc(CSc2ccc(O)c3ccccc23)n1. The van der Waals surface area contributed by atoms with Crippen LogP contribution < -0.4 is 0 Å². The summed E-state index contributed by atoms with van der Waals surface area (Å²) >= 11 is 3.46. The molecule has 19 heavy (non-hydrogen) atoms. The van der Waals surface area contributed by atoms with Crippen LogP contribution in [0, 0.1) is 6.92 Å². The number of rotatable bonds is 3. The van der Waals surface area contributed by atoms with E-state index in [2.05, 4.69) is 10.4 Å². The fraction of sp³-hybridized carbons (Fsp3) is 0.133. The van der Waals surface area contributed by atoms with Gasteiger partial charge in [0.2, 0.25) is 0 Å². The standard InChI is InChI=1S/C15H13NOS2/c1-10-8-19-15(16-10)9-18-14-7-6-13(17)11-4-2-3-5-12(11)14/h2-8,17H,9H2,1H3. The zero-order valence-corrected chi connectivity index (χ0v) is 12.1. The van der Waals surface area contributed by atoms with Crippen LogP contribution in [0.2, 0.25) is 0 Å². The minimum absolute atomic E-state index is 0.338. The number of hydrogen-bond donors (Lipinski definition) is 1. The molecule has 0 bridgehead atoms. The zero-order chi connectivity index (χ0) is 13.2. The van der Waals surface area contributed by atoms with Crippen molar-refractivity contribution < 1.29 is 5.11 Å². The molecule has 1 heterocycles. The Balaban J connectivity index is 1.91. The molecule has 3 rings (SSSR count). The molecule has 3 aromatic rings. The predicted octanol–water partition coefficient (Wildman–Crippen LogP) is 4.60. The van der Waals surface area contributed by atoms with Crippen LogP contribution >= 0.6 is 23.1 Å². The highest BCUT2D eigenvalue weighted by Gasteiger charge is 2.06. The Kier molecular flexibility index (Phi) is 3.44. The highest BCUT2D eigenvalue weighted by atomic mass is 32.2. The second kappa shape index (κ2) is 5.23. The summed E-state index contributed by atoms with van der Waals surface area (Å²) in [5.41, 5.74) is 1.08. The fourth-order valence-corrected chi connectivity index (χ4v) is 3.84. The largest absolute Gasteiger partial charge is 0.507 e. The Morgan fingerprint density at radius 1 is 1.16 bits per heavy atom. The first kappa shape index (κ1) is 12.5. The summed E-state index contributed by atoms with van der Waals surface area (Å²) < 4.78 is 0. The summed E-state index contributed by atoms with van der Waals surface area (Å²) in [6.45, 7) is 2.01. The summed E-state index contributed by atoms with van der Waals surface area (Å²) in [7, 11) is 0. The maximum atomic E-state index is 9.86. The molecule has 1 aromatic heterocycles. The molecular formula is C15H13NOS2. The number of aryl methyl sites for hydroxylation is 1. The van der Waals surface area contributed by atoms with Gasteiger partial charge in [-0.15, -0.1) is 23.1 Å². The quantitative estimate of drug-likeness (QED) is 0.714. The Labute approximate surface area is 120 Å². The van der Waals surface area contributed by atoms with E-state index in [0.717, 1.165) is 27.2 Å². The van der Waals surface area contributed by atoms with E-state index >= 15 is 0 Å². The van der Waals surface area contributed by atoms with Gasteiger partial charge in [-0.25, -0.2) is 4.98 Å². The third-order valence-corrected chi connectivity index (χ3v) is 5.11. The van der Waals surface area contributed by atoms with Crippen LogP contribution in [0.4, 0.5) is 0 Å². The summed E-state index contributed by atoms with van der Waals surface area (Å²) in [4.78, 5) is 5.65. The van der Waals surface area contributed by atoms with Crippen LogP contribution in [-0.4, -0.2) is 10.1 Å². The average molecular weight is 287 g/mol. The van der Waals surface area contributed by atoms with Crippen molar-refractivity contribution in [1.29, 1.82) is 0 Å². The van der Waals surface area contributed by atoms with Crippen molar-refractivity contribution in [3.8, 4) is 5.75 Å². The van der Waals surface area contributed by atoms with Crippen LogP contribution in [0.1, 0.15) is 10.7 Å². The molecule has 0 aliphatic rings. The number of thiazole rings is 1. The van der Waals surface area contributed by atoms with Crippen molar-refractivity contribution in [2.45, 2.75) is 17.6 Å². The normalized spacial score (nSPS) is 11.0. The van der Waals surface area contributed by atoms with Crippen LogP contribution in [0.3, 0.4) is 0 Å². The second-order valence-electron chi connectivity index (χ2n) is 4.30. The van der Waals surface area contributed by atoms with Gasteiger partial charge in [0.25, 0.3) is 0 Å². The number of aromatic hydroxyl groups is 1.